The first-order valence-electron chi connectivity index (χ1n) is 9.39. The Morgan fingerprint density at radius 2 is 1.70 bits per heavy atom. The molecule has 0 spiro atoms. The van der Waals surface area contributed by atoms with Gasteiger partial charge in [-0.05, 0) is 54.1 Å². The van der Waals surface area contributed by atoms with Crippen LogP contribution >= 0.6 is 11.8 Å². The number of carbonyl (C=O) groups is 1. The number of halogens is 2. The van der Waals surface area contributed by atoms with Crippen molar-refractivity contribution in [3.63, 3.8) is 0 Å². The minimum absolute atomic E-state index is 0.0766. The van der Waals surface area contributed by atoms with Crippen molar-refractivity contribution in [2.24, 2.45) is 0 Å². The number of anilines is 1. The number of non-ortho nitro benzene ring substituents is 1. The van der Waals surface area contributed by atoms with Crippen molar-refractivity contribution in [1.29, 1.82) is 0 Å². The lowest BCUT2D eigenvalue weighted by atomic mass is 10.2. The summed E-state index contributed by atoms with van der Waals surface area (Å²) in [7, 11) is -4.09. The Balaban J connectivity index is 1.59. The maximum Gasteiger partial charge on any atom is 0.269 e. The van der Waals surface area contributed by atoms with Crippen LogP contribution in [0.15, 0.2) is 75.4 Å². The molecule has 0 saturated heterocycles. The van der Waals surface area contributed by atoms with Crippen LogP contribution in [0.2, 0.25) is 0 Å². The second kappa shape index (κ2) is 8.75. The van der Waals surface area contributed by atoms with Crippen LogP contribution in [0.25, 0.3) is 6.08 Å². The van der Waals surface area contributed by atoms with E-state index in [2.05, 4.69) is 5.32 Å². The van der Waals surface area contributed by atoms with Crippen LogP contribution in [0.4, 0.5) is 20.2 Å². The highest BCUT2D eigenvalue weighted by atomic mass is 32.2. The Labute approximate surface area is 191 Å². The average Bonchev–Trinajstić information content (AvgIpc) is 2.77. The summed E-state index contributed by atoms with van der Waals surface area (Å²) in [4.78, 5) is 23.4. The van der Waals surface area contributed by atoms with Crippen LogP contribution in [0.5, 0.6) is 0 Å². The Bertz CT molecular complexity index is 1400. The molecule has 1 heterocycles. The third-order valence-corrected chi connectivity index (χ3v) is 7.54. The highest BCUT2D eigenvalue weighted by molar-refractivity contribution is 8.04. The van der Waals surface area contributed by atoms with E-state index in [-0.39, 0.29) is 16.3 Å². The van der Waals surface area contributed by atoms with Gasteiger partial charge in [0.2, 0.25) is 0 Å². The van der Waals surface area contributed by atoms with E-state index in [1.54, 1.807) is 6.08 Å². The first-order valence-corrected chi connectivity index (χ1v) is 11.9. The number of amides is 1. The number of fused-ring (bicyclic) bond motifs is 1. The second-order valence-corrected chi connectivity index (χ2v) is 10.1. The minimum Gasteiger partial charge on any atom is -0.320 e. The van der Waals surface area contributed by atoms with Gasteiger partial charge in [-0.3, -0.25) is 14.9 Å². The largest absolute Gasteiger partial charge is 0.320 e. The van der Waals surface area contributed by atoms with Gasteiger partial charge in [0.25, 0.3) is 11.6 Å². The van der Waals surface area contributed by atoms with Crippen LogP contribution in [0.3, 0.4) is 0 Å². The predicted octanol–water partition coefficient (Wildman–Crippen LogP) is 4.93. The Kier molecular flexibility index (Phi) is 6.00. The number of sulfone groups is 1. The number of rotatable bonds is 5. The average molecular weight is 488 g/mol. The van der Waals surface area contributed by atoms with E-state index < -0.39 is 43.6 Å². The predicted molar refractivity (Wildman–Crippen MR) is 119 cm³/mol. The molecule has 1 aliphatic rings. The van der Waals surface area contributed by atoms with Gasteiger partial charge in [-0.1, -0.05) is 17.8 Å². The highest BCUT2D eigenvalue weighted by Gasteiger charge is 2.25. The fourth-order valence-corrected chi connectivity index (χ4v) is 5.45. The highest BCUT2D eigenvalue weighted by Crippen LogP contribution is 2.40. The molecule has 0 fully saturated rings. The number of carbonyl (C=O) groups excluding carboxylic acids is 1. The molecule has 0 aromatic heterocycles. The number of thioether (sulfide) groups is 1. The van der Waals surface area contributed by atoms with Crippen molar-refractivity contribution >= 4 is 45.0 Å². The van der Waals surface area contributed by atoms with Crippen LogP contribution in [-0.4, -0.2) is 19.2 Å². The van der Waals surface area contributed by atoms with E-state index in [4.69, 9.17) is 0 Å². The zero-order chi connectivity index (χ0) is 23.8. The van der Waals surface area contributed by atoms with Gasteiger partial charge in [-0.25, -0.2) is 17.2 Å². The lowest BCUT2D eigenvalue weighted by Gasteiger charge is -2.19. The summed E-state index contributed by atoms with van der Waals surface area (Å²) in [6, 6.07) is 12.8. The zero-order valence-corrected chi connectivity index (χ0v) is 18.3. The van der Waals surface area contributed by atoms with E-state index in [1.807, 2.05) is 0 Å². The molecule has 7 nitrogen and oxygen atoms in total. The first kappa shape index (κ1) is 22.6. The third kappa shape index (κ3) is 4.78. The van der Waals surface area contributed by atoms with E-state index in [0.717, 1.165) is 30.0 Å². The van der Waals surface area contributed by atoms with Crippen molar-refractivity contribution in [3.8, 4) is 0 Å². The summed E-state index contributed by atoms with van der Waals surface area (Å²) in [5.41, 5.74) is 0.197. The lowest BCUT2D eigenvalue weighted by Crippen LogP contribution is -2.18. The minimum atomic E-state index is -4.09. The molecule has 1 amide bonds. The number of nitro benzene ring substituents is 1. The molecule has 33 heavy (non-hydrogen) atoms. The van der Waals surface area contributed by atoms with Gasteiger partial charge in [0.15, 0.2) is 9.84 Å². The van der Waals surface area contributed by atoms with Crippen LogP contribution < -0.4 is 5.32 Å². The fraction of sp³-hybridized carbons (Fsp3) is 0.0455. The van der Waals surface area contributed by atoms with E-state index >= 15 is 0 Å². The molecule has 168 valence electrons. The topological polar surface area (TPSA) is 106 Å². The maximum atomic E-state index is 13.9. The summed E-state index contributed by atoms with van der Waals surface area (Å²) >= 11 is 1.10. The van der Waals surface area contributed by atoms with E-state index in [1.165, 1.54) is 42.5 Å². The number of nitrogens with zero attached hydrogens (tertiary/aromatic N) is 1. The molecule has 0 saturated carbocycles. The Morgan fingerprint density at radius 1 is 1.03 bits per heavy atom. The van der Waals surface area contributed by atoms with Gasteiger partial charge < -0.3 is 5.32 Å². The molecule has 0 bridgehead atoms. The summed E-state index contributed by atoms with van der Waals surface area (Å²) < 4.78 is 53.3. The van der Waals surface area contributed by atoms with Crippen LogP contribution in [0, 0.1) is 21.7 Å². The summed E-state index contributed by atoms with van der Waals surface area (Å²) in [5, 5.41) is 13.4. The molecule has 0 aliphatic carbocycles. The molecule has 1 aliphatic heterocycles. The zero-order valence-electron chi connectivity index (χ0n) is 16.6. The van der Waals surface area contributed by atoms with E-state index in [9.17, 15) is 32.1 Å². The normalized spacial score (nSPS) is 14.6. The number of hydrogen-bond donors (Lipinski definition) is 1. The number of nitro groups is 1. The van der Waals surface area contributed by atoms with Gasteiger partial charge in [0.05, 0.1) is 26.2 Å². The number of nitrogens with one attached hydrogen (secondary N) is 1. The standard InChI is InChI=1S/C22H14F2N2O5S2/c23-17-2-1-3-18(24)16(17)12-33(30,31)15-8-9-20-19(11-15)25-22(27)21(32-20)10-13-4-6-14(7-5-13)26(28)29/h1-11H,12H2,(H,25,27)/b21-10-. The Hall–Kier alpha value is -3.57. The van der Waals surface area contributed by atoms with Gasteiger partial charge in [-0.2, -0.15) is 0 Å². The summed E-state index contributed by atoms with van der Waals surface area (Å²) in [6.07, 6.45) is 1.55. The van der Waals surface area contributed by atoms with Crippen LogP contribution in [-0.2, 0) is 20.4 Å². The fourth-order valence-electron chi connectivity index (χ4n) is 3.12. The summed E-state index contributed by atoms with van der Waals surface area (Å²) in [6.45, 7) is 0. The molecule has 0 radical (unpaired) electrons. The number of hydrogen-bond acceptors (Lipinski definition) is 6. The Morgan fingerprint density at radius 3 is 2.33 bits per heavy atom. The molecule has 0 atom stereocenters. The molecule has 1 N–H and O–H groups in total. The summed E-state index contributed by atoms with van der Waals surface area (Å²) in [5.74, 6) is -3.26. The second-order valence-electron chi connectivity index (χ2n) is 7.03. The van der Waals surface area contributed by atoms with Crippen LogP contribution in [0.1, 0.15) is 11.1 Å². The molecule has 11 heteroatoms. The smallest absolute Gasteiger partial charge is 0.269 e. The quantitative estimate of drug-likeness (QED) is 0.310. The third-order valence-electron chi connectivity index (χ3n) is 4.80. The van der Waals surface area contributed by atoms with Crippen molar-refractivity contribution in [3.05, 3.63) is 98.4 Å². The lowest BCUT2D eigenvalue weighted by molar-refractivity contribution is -0.384. The van der Waals surface area contributed by atoms with Gasteiger partial charge in [-0.15, -0.1) is 0 Å². The molecule has 0 unspecified atom stereocenters. The molecule has 4 rings (SSSR count). The maximum absolute atomic E-state index is 13.9. The van der Waals surface area contributed by atoms with Crippen molar-refractivity contribution in [2.75, 3.05) is 5.32 Å². The van der Waals surface area contributed by atoms with Crippen molar-refractivity contribution in [2.45, 2.75) is 15.5 Å². The number of benzene rings is 3. The SMILES string of the molecule is O=C1Nc2cc(S(=O)(=O)Cc3c(F)cccc3F)ccc2S/C1=C\c1ccc([N+](=O)[O-])cc1. The molecular formula is C22H14F2N2O5S2. The molecule has 3 aromatic carbocycles. The van der Waals surface area contributed by atoms with E-state index in [0.29, 0.717) is 15.4 Å². The molecule has 3 aromatic rings. The van der Waals surface area contributed by atoms with Crippen molar-refractivity contribution in [1.82, 2.24) is 0 Å². The monoisotopic (exact) mass is 488 g/mol. The van der Waals surface area contributed by atoms with Crippen molar-refractivity contribution < 1.29 is 26.9 Å². The first-order chi connectivity index (χ1) is 15.6. The van der Waals surface area contributed by atoms with Gasteiger partial charge in [0.1, 0.15) is 11.6 Å². The molecular weight excluding hydrogens is 474 g/mol. The van der Waals surface area contributed by atoms with Gasteiger partial charge >= 0.3 is 0 Å². The van der Waals surface area contributed by atoms with Gasteiger partial charge in [0, 0.05) is 22.6 Å².